The summed E-state index contributed by atoms with van der Waals surface area (Å²) in [6.07, 6.45) is 1.97. The van der Waals surface area contributed by atoms with Crippen LogP contribution in [0.15, 0.2) is 47.4 Å². The molecule has 0 aliphatic carbocycles. The first-order valence-electron chi connectivity index (χ1n) is 4.84. The summed E-state index contributed by atoms with van der Waals surface area (Å²) in [5.74, 6) is 0. The minimum absolute atomic E-state index is 0.0526. The Balaban J connectivity index is 2.77. The van der Waals surface area contributed by atoms with Crippen LogP contribution in [0.5, 0.6) is 0 Å². The zero-order valence-electron chi connectivity index (χ0n) is 8.34. The molecule has 15 heavy (non-hydrogen) atoms. The third-order valence-electron chi connectivity index (χ3n) is 2.77. The van der Waals surface area contributed by atoms with E-state index in [0.717, 1.165) is 16.6 Å². The molecule has 3 aromatic rings. The predicted octanol–water partition coefficient (Wildman–Crippen LogP) is 1.79. The molecule has 0 N–H and O–H groups in total. The molecule has 3 rings (SSSR count). The number of hydrogen-bond donors (Lipinski definition) is 0. The van der Waals surface area contributed by atoms with E-state index in [-0.39, 0.29) is 5.56 Å². The maximum atomic E-state index is 12.0. The Morgan fingerprint density at radius 3 is 2.73 bits per heavy atom. The first-order valence-corrected chi connectivity index (χ1v) is 4.84. The standard InChI is InChI=1S/C12H10N2O/c1-13-11-7-4-8-14(11)10-6-3-2-5-9(10)12(13)15/h2-8H,1H3. The molecule has 0 radical (unpaired) electrons. The van der Waals surface area contributed by atoms with Crippen LogP contribution in [0.4, 0.5) is 0 Å². The van der Waals surface area contributed by atoms with Gasteiger partial charge in [-0.2, -0.15) is 0 Å². The van der Waals surface area contributed by atoms with E-state index >= 15 is 0 Å². The minimum Gasteiger partial charge on any atom is -0.302 e. The van der Waals surface area contributed by atoms with Gasteiger partial charge in [0.25, 0.3) is 5.56 Å². The van der Waals surface area contributed by atoms with Crippen molar-refractivity contribution in [1.29, 1.82) is 0 Å². The molecule has 2 heterocycles. The van der Waals surface area contributed by atoms with Gasteiger partial charge in [-0.3, -0.25) is 9.36 Å². The summed E-state index contributed by atoms with van der Waals surface area (Å²) in [6, 6.07) is 11.5. The second kappa shape index (κ2) is 2.73. The molecule has 0 unspecified atom stereocenters. The number of aryl methyl sites for hydroxylation is 1. The Morgan fingerprint density at radius 1 is 1.07 bits per heavy atom. The number of nitrogens with zero attached hydrogens (tertiary/aromatic N) is 2. The average molecular weight is 198 g/mol. The summed E-state index contributed by atoms with van der Waals surface area (Å²) in [5.41, 5.74) is 1.93. The topological polar surface area (TPSA) is 26.4 Å². The Kier molecular flexibility index (Phi) is 1.51. The van der Waals surface area contributed by atoms with Crippen LogP contribution in [0.25, 0.3) is 16.6 Å². The molecule has 0 aliphatic heterocycles. The van der Waals surface area contributed by atoms with Crippen LogP contribution >= 0.6 is 0 Å². The van der Waals surface area contributed by atoms with E-state index in [4.69, 9.17) is 0 Å². The van der Waals surface area contributed by atoms with Crippen LogP contribution < -0.4 is 5.56 Å². The third kappa shape index (κ3) is 0.973. The lowest BCUT2D eigenvalue weighted by Crippen LogP contribution is -2.19. The van der Waals surface area contributed by atoms with E-state index in [0.29, 0.717) is 0 Å². The molecule has 0 aliphatic rings. The van der Waals surface area contributed by atoms with E-state index < -0.39 is 0 Å². The number of benzene rings is 1. The largest absolute Gasteiger partial charge is 0.302 e. The summed E-state index contributed by atoms with van der Waals surface area (Å²) in [7, 11) is 1.80. The van der Waals surface area contributed by atoms with E-state index in [1.807, 2.05) is 47.0 Å². The molecule has 0 amide bonds. The monoisotopic (exact) mass is 198 g/mol. The van der Waals surface area contributed by atoms with Crippen LogP contribution in [0.1, 0.15) is 0 Å². The van der Waals surface area contributed by atoms with Crippen molar-refractivity contribution in [1.82, 2.24) is 8.97 Å². The molecule has 74 valence electrons. The molecule has 0 bridgehead atoms. The molecular weight excluding hydrogens is 188 g/mol. The van der Waals surface area contributed by atoms with Crippen molar-refractivity contribution in [2.45, 2.75) is 0 Å². The predicted molar refractivity (Wildman–Crippen MR) is 60.1 cm³/mol. The number of hydrogen-bond acceptors (Lipinski definition) is 1. The van der Waals surface area contributed by atoms with Crippen molar-refractivity contribution in [3.05, 3.63) is 52.9 Å². The Labute approximate surface area is 86.2 Å². The van der Waals surface area contributed by atoms with Gasteiger partial charge < -0.3 is 4.40 Å². The van der Waals surface area contributed by atoms with Gasteiger partial charge in [0.05, 0.1) is 10.9 Å². The molecule has 0 fully saturated rings. The normalized spacial score (nSPS) is 11.3. The molecule has 3 heteroatoms. The van der Waals surface area contributed by atoms with Crippen molar-refractivity contribution in [3.8, 4) is 0 Å². The van der Waals surface area contributed by atoms with Crippen molar-refractivity contribution in [3.63, 3.8) is 0 Å². The molecule has 0 saturated carbocycles. The minimum atomic E-state index is 0.0526. The first-order chi connectivity index (χ1) is 7.29. The highest BCUT2D eigenvalue weighted by molar-refractivity contribution is 5.80. The van der Waals surface area contributed by atoms with E-state index in [1.54, 1.807) is 11.6 Å². The van der Waals surface area contributed by atoms with Crippen LogP contribution in [0, 0.1) is 0 Å². The molecule has 1 aromatic carbocycles. The molecular formula is C12H10N2O. The van der Waals surface area contributed by atoms with Gasteiger partial charge >= 0.3 is 0 Å². The summed E-state index contributed by atoms with van der Waals surface area (Å²) in [5, 5.41) is 0.753. The second-order valence-electron chi connectivity index (χ2n) is 3.62. The number of fused-ring (bicyclic) bond motifs is 3. The molecule has 0 saturated heterocycles. The van der Waals surface area contributed by atoms with Gasteiger partial charge in [-0.05, 0) is 24.3 Å². The van der Waals surface area contributed by atoms with Crippen LogP contribution in [-0.2, 0) is 7.05 Å². The molecule has 3 nitrogen and oxygen atoms in total. The summed E-state index contributed by atoms with van der Waals surface area (Å²) in [4.78, 5) is 12.0. The zero-order chi connectivity index (χ0) is 10.4. The van der Waals surface area contributed by atoms with Crippen LogP contribution in [0.3, 0.4) is 0 Å². The highest BCUT2D eigenvalue weighted by Gasteiger charge is 2.05. The van der Waals surface area contributed by atoms with Gasteiger partial charge in [0.1, 0.15) is 5.65 Å². The van der Waals surface area contributed by atoms with Crippen molar-refractivity contribution < 1.29 is 0 Å². The second-order valence-corrected chi connectivity index (χ2v) is 3.62. The van der Waals surface area contributed by atoms with E-state index in [2.05, 4.69) is 0 Å². The fourth-order valence-electron chi connectivity index (χ4n) is 2.00. The van der Waals surface area contributed by atoms with Gasteiger partial charge in [0, 0.05) is 13.2 Å². The first kappa shape index (κ1) is 8.29. The fourth-order valence-corrected chi connectivity index (χ4v) is 2.00. The quantitative estimate of drug-likeness (QED) is 0.541. The maximum absolute atomic E-state index is 12.0. The molecule has 2 aromatic heterocycles. The lowest BCUT2D eigenvalue weighted by molar-refractivity contribution is 0.882. The summed E-state index contributed by atoms with van der Waals surface area (Å²) < 4.78 is 3.69. The van der Waals surface area contributed by atoms with Gasteiger partial charge in [-0.1, -0.05) is 12.1 Å². The lowest BCUT2D eigenvalue weighted by atomic mass is 10.2. The van der Waals surface area contributed by atoms with Crippen molar-refractivity contribution >= 4 is 16.6 Å². The maximum Gasteiger partial charge on any atom is 0.261 e. The van der Waals surface area contributed by atoms with E-state index in [9.17, 15) is 4.79 Å². The Morgan fingerprint density at radius 2 is 1.87 bits per heavy atom. The number of rotatable bonds is 0. The van der Waals surface area contributed by atoms with Gasteiger partial charge in [-0.25, -0.2) is 0 Å². The molecule has 0 atom stereocenters. The summed E-state index contributed by atoms with van der Waals surface area (Å²) >= 11 is 0. The highest BCUT2D eigenvalue weighted by Crippen LogP contribution is 2.12. The third-order valence-corrected chi connectivity index (χ3v) is 2.77. The highest BCUT2D eigenvalue weighted by atomic mass is 16.1. The van der Waals surface area contributed by atoms with Gasteiger partial charge in [0.2, 0.25) is 0 Å². The fraction of sp³-hybridized carbons (Fsp3) is 0.0833. The van der Waals surface area contributed by atoms with Crippen LogP contribution in [0.2, 0.25) is 0 Å². The zero-order valence-corrected chi connectivity index (χ0v) is 8.34. The Hall–Kier alpha value is -2.03. The van der Waals surface area contributed by atoms with Crippen LogP contribution in [-0.4, -0.2) is 8.97 Å². The van der Waals surface area contributed by atoms with Gasteiger partial charge in [0.15, 0.2) is 0 Å². The number of aromatic nitrogens is 2. The van der Waals surface area contributed by atoms with Gasteiger partial charge in [-0.15, -0.1) is 0 Å². The SMILES string of the molecule is Cn1c(=O)c2ccccc2n2cccc12. The van der Waals surface area contributed by atoms with Crippen molar-refractivity contribution in [2.75, 3.05) is 0 Å². The van der Waals surface area contributed by atoms with Crippen molar-refractivity contribution in [2.24, 2.45) is 7.05 Å². The summed E-state index contributed by atoms with van der Waals surface area (Å²) in [6.45, 7) is 0. The Bertz CT molecular complexity index is 706. The smallest absolute Gasteiger partial charge is 0.261 e. The molecule has 0 spiro atoms. The van der Waals surface area contributed by atoms with E-state index in [1.165, 1.54) is 0 Å². The average Bonchev–Trinajstić information content (AvgIpc) is 2.75. The number of para-hydroxylation sites is 1. The lowest BCUT2D eigenvalue weighted by Gasteiger charge is -2.06.